The van der Waals surface area contributed by atoms with Crippen LogP contribution in [-0.4, -0.2) is 41.1 Å². The number of benzene rings is 2. The Bertz CT molecular complexity index is 872. The van der Waals surface area contributed by atoms with Crippen LogP contribution >= 0.6 is 0 Å². The topological polar surface area (TPSA) is 52.7 Å². The van der Waals surface area contributed by atoms with E-state index in [1.807, 2.05) is 31.2 Å². The number of sulfonamides is 1. The highest BCUT2D eigenvalue weighted by Gasteiger charge is 2.33. The number of anilines is 2. The quantitative estimate of drug-likeness (QED) is 0.915. The van der Waals surface area contributed by atoms with Gasteiger partial charge in [-0.05, 0) is 37.6 Å². The molecule has 2 heterocycles. The Kier molecular flexibility index (Phi) is 4.17. The van der Waals surface area contributed by atoms with Crippen LogP contribution in [0.3, 0.4) is 0 Å². The van der Waals surface area contributed by atoms with Crippen LogP contribution in [-0.2, 0) is 16.4 Å². The first-order valence-electron chi connectivity index (χ1n) is 8.74. The minimum Gasteiger partial charge on any atom is -0.369 e. The molecule has 2 aliphatic rings. The molecule has 0 unspecified atom stereocenters. The molecule has 0 atom stereocenters. The minimum absolute atomic E-state index is 0.360. The lowest BCUT2D eigenvalue weighted by atomic mass is 10.1. The van der Waals surface area contributed by atoms with Crippen LogP contribution in [0, 0.1) is 6.92 Å². The lowest BCUT2D eigenvalue weighted by molar-refractivity contribution is 0.588. The van der Waals surface area contributed by atoms with E-state index in [1.165, 1.54) is 5.69 Å². The summed E-state index contributed by atoms with van der Waals surface area (Å²) in [5.74, 6) is 0. The number of rotatable bonds is 3. The van der Waals surface area contributed by atoms with Gasteiger partial charge in [-0.15, -0.1) is 0 Å². The van der Waals surface area contributed by atoms with E-state index in [-0.39, 0.29) is 0 Å². The molecule has 25 heavy (non-hydrogen) atoms. The van der Waals surface area contributed by atoms with Crippen molar-refractivity contribution in [2.45, 2.75) is 18.2 Å². The average molecular weight is 357 g/mol. The van der Waals surface area contributed by atoms with Crippen molar-refractivity contribution in [3.05, 3.63) is 53.6 Å². The van der Waals surface area contributed by atoms with Gasteiger partial charge >= 0.3 is 0 Å². The molecular weight excluding hydrogens is 334 g/mol. The van der Waals surface area contributed by atoms with E-state index in [9.17, 15) is 8.42 Å². The zero-order valence-corrected chi connectivity index (χ0v) is 15.2. The Morgan fingerprint density at radius 2 is 1.60 bits per heavy atom. The fourth-order valence-corrected chi connectivity index (χ4v) is 5.17. The molecule has 5 nitrogen and oxygen atoms in total. The summed E-state index contributed by atoms with van der Waals surface area (Å²) >= 11 is 0. The SMILES string of the molecule is Cc1ccc(S(=O)(=O)N2CCc3c(N4CCNCC4)cccc32)cc1. The monoisotopic (exact) mass is 357 g/mol. The van der Waals surface area contributed by atoms with Crippen molar-refractivity contribution in [2.24, 2.45) is 0 Å². The van der Waals surface area contributed by atoms with Crippen molar-refractivity contribution in [3.8, 4) is 0 Å². The lowest BCUT2D eigenvalue weighted by Crippen LogP contribution is -2.43. The van der Waals surface area contributed by atoms with Crippen molar-refractivity contribution < 1.29 is 8.42 Å². The summed E-state index contributed by atoms with van der Waals surface area (Å²) in [5, 5.41) is 3.36. The zero-order valence-electron chi connectivity index (χ0n) is 14.4. The predicted octanol–water partition coefficient (Wildman–Crippen LogP) is 2.16. The Balaban J connectivity index is 1.71. The Labute approximate surface area is 149 Å². The second kappa shape index (κ2) is 6.35. The number of fused-ring (bicyclic) bond motifs is 1. The van der Waals surface area contributed by atoms with Gasteiger partial charge in [0.1, 0.15) is 0 Å². The van der Waals surface area contributed by atoms with Gasteiger partial charge in [0.2, 0.25) is 0 Å². The van der Waals surface area contributed by atoms with Gasteiger partial charge in [0.05, 0.1) is 10.6 Å². The molecule has 4 rings (SSSR count). The van der Waals surface area contributed by atoms with Crippen LogP contribution < -0.4 is 14.5 Å². The first-order chi connectivity index (χ1) is 12.1. The second-order valence-electron chi connectivity index (χ2n) is 6.65. The lowest BCUT2D eigenvalue weighted by Gasteiger charge is -2.31. The molecular formula is C19H23N3O2S. The minimum atomic E-state index is -3.51. The second-order valence-corrected chi connectivity index (χ2v) is 8.51. The first-order valence-corrected chi connectivity index (χ1v) is 10.2. The van der Waals surface area contributed by atoms with Crippen LogP contribution in [0.4, 0.5) is 11.4 Å². The van der Waals surface area contributed by atoms with Crippen LogP contribution in [0.5, 0.6) is 0 Å². The summed E-state index contributed by atoms with van der Waals surface area (Å²) in [7, 11) is -3.51. The maximum Gasteiger partial charge on any atom is 0.264 e. The third kappa shape index (κ3) is 2.89. The van der Waals surface area contributed by atoms with Gasteiger partial charge in [-0.1, -0.05) is 23.8 Å². The van der Waals surface area contributed by atoms with E-state index in [0.717, 1.165) is 49.4 Å². The van der Waals surface area contributed by atoms with Gasteiger partial charge in [0.15, 0.2) is 0 Å². The summed E-state index contributed by atoms with van der Waals surface area (Å²) in [5.41, 5.74) is 4.22. The summed E-state index contributed by atoms with van der Waals surface area (Å²) in [6.45, 7) is 6.32. The maximum atomic E-state index is 13.1. The molecule has 1 saturated heterocycles. The fourth-order valence-electron chi connectivity index (χ4n) is 3.68. The van der Waals surface area contributed by atoms with E-state index in [1.54, 1.807) is 16.4 Å². The average Bonchev–Trinajstić information content (AvgIpc) is 3.08. The molecule has 0 amide bonds. The van der Waals surface area contributed by atoms with Gasteiger partial charge in [-0.2, -0.15) is 0 Å². The summed E-state index contributed by atoms with van der Waals surface area (Å²) in [4.78, 5) is 2.72. The van der Waals surface area contributed by atoms with Crippen LogP contribution in [0.2, 0.25) is 0 Å². The standard InChI is InChI=1S/C19H23N3O2S/c1-15-5-7-16(8-6-15)25(23,24)22-12-9-17-18(3-2-4-19(17)22)21-13-10-20-11-14-21/h2-8,20H,9-14H2,1H3. The molecule has 0 saturated carbocycles. The smallest absolute Gasteiger partial charge is 0.264 e. The van der Waals surface area contributed by atoms with Gasteiger partial charge < -0.3 is 10.2 Å². The van der Waals surface area contributed by atoms with E-state index >= 15 is 0 Å². The fraction of sp³-hybridized carbons (Fsp3) is 0.368. The summed E-state index contributed by atoms with van der Waals surface area (Å²) < 4.78 is 27.8. The van der Waals surface area contributed by atoms with E-state index in [0.29, 0.717) is 11.4 Å². The van der Waals surface area contributed by atoms with Gasteiger partial charge in [-0.3, -0.25) is 4.31 Å². The third-order valence-electron chi connectivity index (χ3n) is 5.03. The van der Waals surface area contributed by atoms with Crippen molar-refractivity contribution in [1.82, 2.24) is 5.32 Å². The highest BCUT2D eigenvalue weighted by atomic mass is 32.2. The summed E-state index contributed by atoms with van der Waals surface area (Å²) in [6.07, 6.45) is 0.764. The maximum absolute atomic E-state index is 13.1. The summed E-state index contributed by atoms with van der Waals surface area (Å²) in [6, 6.07) is 13.1. The normalized spacial score (nSPS) is 17.6. The van der Waals surface area contributed by atoms with E-state index in [2.05, 4.69) is 16.3 Å². The molecule has 0 aliphatic carbocycles. The first kappa shape index (κ1) is 16.4. The molecule has 1 fully saturated rings. The van der Waals surface area contributed by atoms with Crippen molar-refractivity contribution in [2.75, 3.05) is 41.9 Å². The number of aryl methyl sites for hydroxylation is 1. The third-order valence-corrected chi connectivity index (χ3v) is 6.85. The van der Waals surface area contributed by atoms with Crippen LogP contribution in [0.25, 0.3) is 0 Å². The highest BCUT2D eigenvalue weighted by Crippen LogP contribution is 2.38. The zero-order chi connectivity index (χ0) is 17.4. The number of hydrogen-bond donors (Lipinski definition) is 1. The molecule has 2 aliphatic heterocycles. The highest BCUT2D eigenvalue weighted by molar-refractivity contribution is 7.92. The molecule has 0 aromatic heterocycles. The van der Waals surface area contributed by atoms with Gasteiger partial charge in [0.25, 0.3) is 10.0 Å². The molecule has 132 valence electrons. The van der Waals surface area contributed by atoms with Gasteiger partial charge in [-0.25, -0.2) is 8.42 Å². The predicted molar refractivity (Wildman–Crippen MR) is 101 cm³/mol. The molecule has 2 aromatic rings. The van der Waals surface area contributed by atoms with Gasteiger partial charge in [0, 0.05) is 44.0 Å². The largest absolute Gasteiger partial charge is 0.369 e. The number of hydrogen-bond acceptors (Lipinski definition) is 4. The Morgan fingerprint density at radius 3 is 2.32 bits per heavy atom. The van der Waals surface area contributed by atoms with E-state index < -0.39 is 10.0 Å². The van der Waals surface area contributed by atoms with Crippen molar-refractivity contribution in [3.63, 3.8) is 0 Å². The van der Waals surface area contributed by atoms with Crippen molar-refractivity contribution in [1.29, 1.82) is 0 Å². The molecule has 0 radical (unpaired) electrons. The molecule has 2 aromatic carbocycles. The van der Waals surface area contributed by atoms with Crippen LogP contribution in [0.1, 0.15) is 11.1 Å². The Hall–Kier alpha value is -2.05. The number of piperazine rings is 1. The number of nitrogens with one attached hydrogen (secondary N) is 1. The molecule has 0 bridgehead atoms. The molecule has 1 N–H and O–H groups in total. The van der Waals surface area contributed by atoms with Crippen molar-refractivity contribution >= 4 is 21.4 Å². The Morgan fingerprint density at radius 1 is 0.920 bits per heavy atom. The van der Waals surface area contributed by atoms with Crippen LogP contribution in [0.15, 0.2) is 47.4 Å². The molecule has 6 heteroatoms. The number of nitrogens with zero attached hydrogens (tertiary/aromatic N) is 2. The van der Waals surface area contributed by atoms with E-state index in [4.69, 9.17) is 0 Å². The molecule has 0 spiro atoms.